The van der Waals surface area contributed by atoms with Gasteiger partial charge in [0, 0.05) is 4.87 Å². The lowest BCUT2D eigenvalue weighted by molar-refractivity contribution is 0.439. The van der Waals surface area contributed by atoms with Gasteiger partial charge in [-0.05, 0) is 19.8 Å². The molecule has 1 unspecified atom stereocenters. The van der Waals surface area contributed by atoms with Gasteiger partial charge in [0.2, 0.25) is 0 Å². The van der Waals surface area contributed by atoms with Gasteiger partial charge >= 0.3 is 0 Å². The molecule has 0 saturated carbocycles. The lowest BCUT2D eigenvalue weighted by Gasteiger charge is -2.22. The van der Waals surface area contributed by atoms with E-state index in [4.69, 9.17) is 11.6 Å². The smallest absolute Gasteiger partial charge is 0.0416 e. The van der Waals surface area contributed by atoms with Crippen molar-refractivity contribution in [3.05, 3.63) is 0 Å². The number of halogens is 1. The summed E-state index contributed by atoms with van der Waals surface area (Å²) in [6, 6.07) is 0. The zero-order chi connectivity index (χ0) is 6.78. The molecule has 0 aliphatic rings. The highest BCUT2D eigenvalue weighted by Gasteiger charge is 2.19. The van der Waals surface area contributed by atoms with E-state index in [-0.39, 0.29) is 11.0 Å². The fourth-order valence-corrected chi connectivity index (χ4v) is 0.640. The van der Waals surface area contributed by atoms with Crippen molar-refractivity contribution in [1.82, 2.24) is 6.15 Å². The highest BCUT2D eigenvalue weighted by atomic mass is 35.5. The molecule has 1 nitrogen and oxygen atoms in total. The van der Waals surface area contributed by atoms with E-state index < -0.39 is 0 Å². The summed E-state index contributed by atoms with van der Waals surface area (Å²) in [7, 11) is 0. The first kappa shape index (κ1) is 12.0. The Labute approximate surface area is 63.4 Å². The second kappa shape index (κ2) is 4.13. The van der Waals surface area contributed by atoms with Gasteiger partial charge in [0.1, 0.15) is 0 Å². The average Bonchev–Trinajstić information content (AvgIpc) is 1.62. The molecule has 58 valence electrons. The van der Waals surface area contributed by atoms with Gasteiger partial charge in [-0.25, -0.2) is 0 Å². The minimum absolute atomic E-state index is 0. The molecular weight excluding hydrogens is 134 g/mol. The lowest BCUT2D eigenvalue weighted by Crippen LogP contribution is -2.20. The van der Waals surface area contributed by atoms with Crippen molar-refractivity contribution in [2.45, 2.75) is 39.0 Å². The van der Waals surface area contributed by atoms with Crippen molar-refractivity contribution in [1.29, 1.82) is 0 Å². The fraction of sp³-hybridized carbons (Fsp3) is 1.00. The quantitative estimate of drug-likeness (QED) is 0.605. The summed E-state index contributed by atoms with van der Waals surface area (Å²) >= 11 is 5.98. The molecule has 0 aliphatic heterocycles. The van der Waals surface area contributed by atoms with Gasteiger partial charge < -0.3 is 6.15 Å². The van der Waals surface area contributed by atoms with Gasteiger partial charge in [0.05, 0.1) is 0 Å². The summed E-state index contributed by atoms with van der Waals surface area (Å²) < 4.78 is 0. The van der Waals surface area contributed by atoms with Gasteiger partial charge in [-0.1, -0.05) is 20.3 Å². The molecule has 0 heterocycles. The van der Waals surface area contributed by atoms with Crippen molar-refractivity contribution in [3.8, 4) is 0 Å². The van der Waals surface area contributed by atoms with Crippen LogP contribution in [0.15, 0.2) is 0 Å². The molecule has 0 aromatic rings. The van der Waals surface area contributed by atoms with Gasteiger partial charge in [-0.2, -0.15) is 0 Å². The van der Waals surface area contributed by atoms with Gasteiger partial charge in [0.25, 0.3) is 0 Å². The maximum Gasteiger partial charge on any atom is 0.0416 e. The molecule has 0 aromatic carbocycles. The van der Waals surface area contributed by atoms with Crippen molar-refractivity contribution in [2.24, 2.45) is 5.92 Å². The third-order valence-corrected chi connectivity index (χ3v) is 2.16. The van der Waals surface area contributed by atoms with E-state index in [1.165, 1.54) is 0 Å². The Morgan fingerprint density at radius 1 is 1.44 bits per heavy atom. The Kier molecular flexibility index (Phi) is 5.49. The summed E-state index contributed by atoms with van der Waals surface area (Å²) in [5.74, 6) is 0.615. The van der Waals surface area contributed by atoms with Crippen LogP contribution in [0.4, 0.5) is 0 Å². The van der Waals surface area contributed by atoms with Crippen molar-refractivity contribution in [2.75, 3.05) is 0 Å². The lowest BCUT2D eigenvalue weighted by atomic mass is 9.95. The van der Waals surface area contributed by atoms with Gasteiger partial charge in [0.15, 0.2) is 0 Å². The maximum absolute atomic E-state index is 5.98. The first-order valence-electron chi connectivity index (χ1n) is 3.17. The molecule has 0 radical (unpaired) electrons. The Bertz CT molecular complexity index is 65.8. The molecule has 1 atom stereocenters. The van der Waals surface area contributed by atoms with Crippen molar-refractivity contribution < 1.29 is 0 Å². The first-order chi connectivity index (χ1) is 3.48. The van der Waals surface area contributed by atoms with Crippen LogP contribution in [0.2, 0.25) is 0 Å². The van der Waals surface area contributed by atoms with Crippen LogP contribution in [0.5, 0.6) is 0 Å². The second-order valence-electron chi connectivity index (χ2n) is 2.87. The normalized spacial score (nSPS) is 14.3. The number of hydrogen-bond donors (Lipinski definition) is 1. The highest BCUT2D eigenvalue weighted by Crippen LogP contribution is 2.25. The monoisotopic (exact) mass is 151 g/mol. The van der Waals surface area contributed by atoms with Crippen LogP contribution < -0.4 is 6.15 Å². The molecule has 9 heavy (non-hydrogen) atoms. The molecular formula is C7H18ClN. The Hall–Kier alpha value is 0.250. The SMILES string of the molecule is CCC(C)C(C)(C)Cl.N. The third kappa shape index (κ3) is 4.73. The largest absolute Gasteiger partial charge is 0.344 e. The van der Waals surface area contributed by atoms with Crippen molar-refractivity contribution in [3.63, 3.8) is 0 Å². The molecule has 0 saturated heterocycles. The maximum atomic E-state index is 5.98. The van der Waals surface area contributed by atoms with Crippen LogP contribution in [0.25, 0.3) is 0 Å². The predicted octanol–water partition coefficient (Wildman–Crippen LogP) is 3.21. The zero-order valence-electron chi connectivity index (χ0n) is 6.87. The minimum Gasteiger partial charge on any atom is -0.344 e. The molecule has 0 bridgehead atoms. The van der Waals surface area contributed by atoms with E-state index in [0.717, 1.165) is 6.42 Å². The molecule has 0 aromatic heterocycles. The Morgan fingerprint density at radius 2 is 1.78 bits per heavy atom. The molecule has 0 spiro atoms. The van der Waals surface area contributed by atoms with E-state index in [2.05, 4.69) is 27.7 Å². The summed E-state index contributed by atoms with van der Waals surface area (Å²) in [5.41, 5.74) is 0. The minimum atomic E-state index is -0.0191. The molecule has 3 N–H and O–H groups in total. The van der Waals surface area contributed by atoms with Crippen LogP contribution in [-0.4, -0.2) is 4.87 Å². The van der Waals surface area contributed by atoms with Crippen LogP contribution >= 0.6 is 11.6 Å². The standard InChI is InChI=1S/C7H15Cl.H3N/c1-5-6(2)7(3,4)8;/h6H,5H2,1-4H3;1H3. The van der Waals surface area contributed by atoms with Gasteiger partial charge in [-0.3, -0.25) is 0 Å². The van der Waals surface area contributed by atoms with Crippen LogP contribution in [-0.2, 0) is 0 Å². The number of alkyl halides is 1. The molecule has 0 fully saturated rings. The highest BCUT2D eigenvalue weighted by molar-refractivity contribution is 6.23. The topological polar surface area (TPSA) is 35.0 Å². The average molecular weight is 152 g/mol. The van der Waals surface area contributed by atoms with Crippen molar-refractivity contribution >= 4 is 11.6 Å². The van der Waals surface area contributed by atoms with E-state index >= 15 is 0 Å². The molecule has 0 aliphatic carbocycles. The fourth-order valence-electron chi connectivity index (χ4n) is 0.485. The first-order valence-corrected chi connectivity index (χ1v) is 3.55. The second-order valence-corrected chi connectivity index (χ2v) is 3.85. The van der Waals surface area contributed by atoms with Crippen LogP contribution in [0.3, 0.4) is 0 Å². The third-order valence-electron chi connectivity index (χ3n) is 1.78. The summed E-state index contributed by atoms with van der Waals surface area (Å²) in [6.45, 7) is 8.45. The van der Waals surface area contributed by atoms with Crippen LogP contribution in [0, 0.1) is 5.92 Å². The number of rotatable bonds is 2. The Balaban J connectivity index is 0. The van der Waals surface area contributed by atoms with E-state index in [1.54, 1.807) is 0 Å². The van der Waals surface area contributed by atoms with E-state index in [1.807, 2.05) is 0 Å². The van der Waals surface area contributed by atoms with E-state index in [0.29, 0.717) is 5.92 Å². The number of hydrogen-bond acceptors (Lipinski definition) is 1. The zero-order valence-corrected chi connectivity index (χ0v) is 7.63. The Morgan fingerprint density at radius 3 is 1.78 bits per heavy atom. The van der Waals surface area contributed by atoms with E-state index in [9.17, 15) is 0 Å². The summed E-state index contributed by atoms with van der Waals surface area (Å²) in [4.78, 5) is -0.0191. The molecule has 2 heteroatoms. The van der Waals surface area contributed by atoms with Crippen LogP contribution in [0.1, 0.15) is 34.1 Å². The van der Waals surface area contributed by atoms with Gasteiger partial charge in [-0.15, -0.1) is 11.6 Å². The summed E-state index contributed by atoms with van der Waals surface area (Å²) in [5, 5.41) is 0. The molecule has 0 amide bonds. The predicted molar refractivity (Wildman–Crippen MR) is 44.4 cm³/mol. The molecule has 0 rings (SSSR count). The summed E-state index contributed by atoms with van der Waals surface area (Å²) in [6.07, 6.45) is 1.16.